The zero-order valence-corrected chi connectivity index (χ0v) is 8.01. The maximum Gasteiger partial charge on any atom is 0.0107 e. The number of nitrogens with two attached hydrogens (primary N) is 1. The molecule has 1 aliphatic heterocycles. The fraction of sp³-hybridized carbons (Fsp3) is 1.00. The SMILES string of the molecule is CCN.CN1CCN(C)CC1. The quantitative estimate of drug-likeness (QED) is 0.532. The first kappa shape index (κ1) is 10.9. The van der Waals surface area contributed by atoms with Gasteiger partial charge in [0.15, 0.2) is 0 Å². The summed E-state index contributed by atoms with van der Waals surface area (Å²) in [5.74, 6) is 0. The van der Waals surface area contributed by atoms with E-state index in [1.54, 1.807) is 0 Å². The third-order valence-corrected chi connectivity index (χ3v) is 1.73. The summed E-state index contributed by atoms with van der Waals surface area (Å²) in [4.78, 5) is 4.72. The van der Waals surface area contributed by atoms with E-state index in [9.17, 15) is 0 Å². The van der Waals surface area contributed by atoms with Crippen molar-refractivity contribution in [2.24, 2.45) is 5.73 Å². The summed E-state index contributed by atoms with van der Waals surface area (Å²) >= 11 is 0. The highest BCUT2D eigenvalue weighted by Crippen LogP contribution is 1.93. The van der Waals surface area contributed by atoms with Gasteiger partial charge in [-0.1, -0.05) is 6.92 Å². The van der Waals surface area contributed by atoms with Crippen LogP contribution < -0.4 is 5.73 Å². The van der Waals surface area contributed by atoms with Gasteiger partial charge in [0.1, 0.15) is 0 Å². The molecule has 1 saturated heterocycles. The van der Waals surface area contributed by atoms with Crippen LogP contribution in [-0.2, 0) is 0 Å². The van der Waals surface area contributed by atoms with Gasteiger partial charge in [0.2, 0.25) is 0 Å². The summed E-state index contributed by atoms with van der Waals surface area (Å²) in [6, 6.07) is 0. The molecule has 0 spiro atoms. The summed E-state index contributed by atoms with van der Waals surface area (Å²) < 4.78 is 0. The van der Waals surface area contributed by atoms with Crippen LogP contribution in [0.2, 0.25) is 0 Å². The molecule has 68 valence electrons. The van der Waals surface area contributed by atoms with E-state index in [2.05, 4.69) is 23.9 Å². The van der Waals surface area contributed by atoms with Gasteiger partial charge in [-0.25, -0.2) is 0 Å². The molecule has 1 aliphatic rings. The minimum absolute atomic E-state index is 0.750. The largest absolute Gasteiger partial charge is 0.331 e. The van der Waals surface area contributed by atoms with E-state index in [4.69, 9.17) is 5.73 Å². The molecule has 0 saturated carbocycles. The summed E-state index contributed by atoms with van der Waals surface area (Å²) in [5, 5.41) is 0. The summed E-state index contributed by atoms with van der Waals surface area (Å²) in [6.45, 7) is 7.58. The zero-order chi connectivity index (χ0) is 8.69. The van der Waals surface area contributed by atoms with Crippen molar-refractivity contribution in [2.75, 3.05) is 46.8 Å². The molecule has 11 heavy (non-hydrogen) atoms. The fourth-order valence-electron chi connectivity index (χ4n) is 0.906. The van der Waals surface area contributed by atoms with Crippen molar-refractivity contribution in [3.05, 3.63) is 0 Å². The average Bonchev–Trinajstić information content (AvgIpc) is 1.97. The highest BCUT2D eigenvalue weighted by Gasteiger charge is 2.07. The Bertz CT molecular complexity index is 67.4. The molecule has 0 amide bonds. The predicted molar refractivity (Wildman–Crippen MR) is 49.7 cm³/mol. The summed E-state index contributed by atoms with van der Waals surface area (Å²) in [5.41, 5.74) is 4.85. The van der Waals surface area contributed by atoms with Crippen molar-refractivity contribution in [3.8, 4) is 0 Å². The highest BCUT2D eigenvalue weighted by atomic mass is 15.2. The van der Waals surface area contributed by atoms with Crippen LogP contribution in [0.15, 0.2) is 0 Å². The maximum absolute atomic E-state index is 4.85. The number of hydrogen-bond acceptors (Lipinski definition) is 3. The molecule has 3 nitrogen and oxygen atoms in total. The first-order valence-electron chi connectivity index (χ1n) is 4.27. The normalized spacial score (nSPS) is 20.7. The van der Waals surface area contributed by atoms with E-state index in [0.717, 1.165) is 6.54 Å². The molecule has 0 aromatic carbocycles. The van der Waals surface area contributed by atoms with Gasteiger partial charge in [-0.2, -0.15) is 0 Å². The second kappa shape index (κ2) is 6.58. The van der Waals surface area contributed by atoms with Gasteiger partial charge < -0.3 is 15.5 Å². The van der Waals surface area contributed by atoms with Gasteiger partial charge in [0, 0.05) is 26.2 Å². The van der Waals surface area contributed by atoms with Gasteiger partial charge in [0.05, 0.1) is 0 Å². The topological polar surface area (TPSA) is 32.5 Å². The Balaban J connectivity index is 0.000000292. The molecule has 1 heterocycles. The van der Waals surface area contributed by atoms with Gasteiger partial charge in [0.25, 0.3) is 0 Å². The lowest BCUT2D eigenvalue weighted by Crippen LogP contribution is -2.42. The van der Waals surface area contributed by atoms with E-state index >= 15 is 0 Å². The van der Waals surface area contributed by atoms with E-state index in [1.165, 1.54) is 26.2 Å². The second-order valence-electron chi connectivity index (χ2n) is 3.01. The fourth-order valence-corrected chi connectivity index (χ4v) is 0.906. The van der Waals surface area contributed by atoms with Crippen LogP contribution in [0.1, 0.15) is 6.92 Å². The standard InChI is InChI=1S/C6H14N2.C2H7N/c1-7-3-5-8(2)6-4-7;1-2-3/h3-6H2,1-2H3;2-3H2,1H3. The zero-order valence-electron chi connectivity index (χ0n) is 8.01. The monoisotopic (exact) mass is 159 g/mol. The minimum Gasteiger partial charge on any atom is -0.331 e. The lowest BCUT2D eigenvalue weighted by molar-refractivity contribution is 0.181. The van der Waals surface area contributed by atoms with E-state index in [1.807, 2.05) is 6.92 Å². The molecule has 3 heteroatoms. The molecule has 0 atom stereocenters. The predicted octanol–water partition coefficient (Wildman–Crippen LogP) is -0.171. The number of piperazine rings is 1. The molecule has 2 N–H and O–H groups in total. The average molecular weight is 159 g/mol. The van der Waals surface area contributed by atoms with Crippen LogP contribution in [0.4, 0.5) is 0 Å². The number of rotatable bonds is 0. The molecule has 0 aromatic rings. The molecular weight excluding hydrogens is 138 g/mol. The van der Waals surface area contributed by atoms with Crippen molar-refractivity contribution in [1.29, 1.82) is 0 Å². The first-order chi connectivity index (χ1) is 5.20. The molecule has 1 fully saturated rings. The van der Waals surface area contributed by atoms with Crippen LogP contribution in [0.25, 0.3) is 0 Å². The van der Waals surface area contributed by atoms with E-state index < -0.39 is 0 Å². The van der Waals surface area contributed by atoms with E-state index in [-0.39, 0.29) is 0 Å². The Morgan fingerprint density at radius 1 is 1.00 bits per heavy atom. The van der Waals surface area contributed by atoms with Gasteiger partial charge in [-0.15, -0.1) is 0 Å². The van der Waals surface area contributed by atoms with Crippen molar-refractivity contribution >= 4 is 0 Å². The molecule has 0 bridgehead atoms. The van der Waals surface area contributed by atoms with Crippen molar-refractivity contribution in [3.63, 3.8) is 0 Å². The van der Waals surface area contributed by atoms with E-state index in [0.29, 0.717) is 0 Å². The number of nitrogens with zero attached hydrogens (tertiary/aromatic N) is 2. The summed E-state index contributed by atoms with van der Waals surface area (Å²) in [6.07, 6.45) is 0. The van der Waals surface area contributed by atoms with Gasteiger partial charge in [-0.3, -0.25) is 0 Å². The maximum atomic E-state index is 4.85. The molecule has 0 aromatic heterocycles. The van der Waals surface area contributed by atoms with Gasteiger partial charge in [-0.05, 0) is 20.6 Å². The molecule has 0 radical (unpaired) electrons. The molecule has 0 aliphatic carbocycles. The van der Waals surface area contributed by atoms with Crippen LogP contribution in [0.5, 0.6) is 0 Å². The molecule has 1 rings (SSSR count). The van der Waals surface area contributed by atoms with Crippen molar-refractivity contribution in [2.45, 2.75) is 6.92 Å². The Kier molecular flexibility index (Phi) is 6.51. The van der Waals surface area contributed by atoms with Crippen LogP contribution >= 0.6 is 0 Å². The lowest BCUT2D eigenvalue weighted by atomic mass is 10.4. The van der Waals surface area contributed by atoms with Crippen LogP contribution in [-0.4, -0.2) is 56.6 Å². The third-order valence-electron chi connectivity index (χ3n) is 1.73. The van der Waals surface area contributed by atoms with Gasteiger partial charge >= 0.3 is 0 Å². The third kappa shape index (κ3) is 6.28. The Morgan fingerprint density at radius 2 is 1.18 bits per heavy atom. The second-order valence-corrected chi connectivity index (χ2v) is 3.01. The highest BCUT2D eigenvalue weighted by molar-refractivity contribution is 4.64. The Labute approximate surface area is 70.2 Å². The Morgan fingerprint density at radius 3 is 1.36 bits per heavy atom. The lowest BCUT2D eigenvalue weighted by Gasteiger charge is -2.28. The van der Waals surface area contributed by atoms with Crippen molar-refractivity contribution in [1.82, 2.24) is 9.80 Å². The number of hydrogen-bond donors (Lipinski definition) is 1. The Hall–Kier alpha value is -0.120. The minimum atomic E-state index is 0.750. The molecule has 0 unspecified atom stereocenters. The number of likely N-dealkylation sites (N-methyl/N-ethyl adjacent to an activating group) is 2. The first-order valence-corrected chi connectivity index (χ1v) is 4.27. The summed E-state index contributed by atoms with van der Waals surface area (Å²) in [7, 11) is 4.35. The van der Waals surface area contributed by atoms with Crippen LogP contribution in [0, 0.1) is 0 Å². The van der Waals surface area contributed by atoms with Crippen LogP contribution in [0.3, 0.4) is 0 Å². The van der Waals surface area contributed by atoms with Crippen molar-refractivity contribution < 1.29 is 0 Å². The smallest absolute Gasteiger partial charge is 0.0107 e. The molecular formula is C8H21N3.